The van der Waals surface area contributed by atoms with Crippen molar-refractivity contribution in [1.82, 2.24) is 9.97 Å². The minimum Gasteiger partial charge on any atom is -0.507 e. The van der Waals surface area contributed by atoms with E-state index in [-0.39, 0.29) is 49.3 Å². The number of rotatable bonds is 6. The van der Waals surface area contributed by atoms with Crippen LogP contribution in [-0.2, 0) is 6.42 Å². The summed E-state index contributed by atoms with van der Waals surface area (Å²) in [5.74, 6) is -3.65. The monoisotopic (exact) mass is 554 g/mol. The van der Waals surface area contributed by atoms with Gasteiger partial charge in [0.2, 0.25) is 11.6 Å². The summed E-state index contributed by atoms with van der Waals surface area (Å²) in [6, 6.07) is 7.58. The number of nitrogens with one attached hydrogen (secondary N) is 2. The summed E-state index contributed by atoms with van der Waals surface area (Å²) in [7, 11) is 0. The first-order valence-corrected chi connectivity index (χ1v) is 11.3. The number of H-pyrrole nitrogens is 2. The van der Waals surface area contributed by atoms with Crippen LogP contribution in [0.25, 0.3) is 0 Å². The predicted molar refractivity (Wildman–Crippen MR) is 131 cm³/mol. The van der Waals surface area contributed by atoms with Gasteiger partial charge in [0.05, 0.1) is 21.4 Å². The molecule has 0 bridgehead atoms. The van der Waals surface area contributed by atoms with Gasteiger partial charge in [-0.2, -0.15) is 0 Å². The Bertz CT molecular complexity index is 1360. The number of hydrogen-bond acceptors (Lipinski definition) is 6. The first-order chi connectivity index (χ1) is 16.5. The van der Waals surface area contributed by atoms with Crippen LogP contribution < -0.4 is 0 Å². The zero-order valence-electron chi connectivity index (χ0n) is 17.3. The molecule has 2 aromatic carbocycles. The molecular formula is C23H14Cl4N2O6. The van der Waals surface area contributed by atoms with Gasteiger partial charge in [0.15, 0.2) is 0 Å². The SMILES string of the molecule is O=C(c1cc(Cl)c(Cl)[nH]1)c1c(O)ccc(Cc2ccc(O)c(C(=O)c3cc(Cl)c(Cl)[nH]3)c2O)c1O. The highest BCUT2D eigenvalue weighted by atomic mass is 35.5. The maximum atomic E-state index is 12.9. The first-order valence-electron chi connectivity index (χ1n) is 9.74. The number of benzene rings is 2. The Kier molecular flexibility index (Phi) is 6.66. The molecule has 12 heteroatoms. The lowest BCUT2D eigenvalue weighted by atomic mass is 9.94. The number of ketones is 2. The van der Waals surface area contributed by atoms with E-state index >= 15 is 0 Å². The van der Waals surface area contributed by atoms with Crippen molar-refractivity contribution in [3.8, 4) is 23.0 Å². The van der Waals surface area contributed by atoms with Crippen molar-refractivity contribution in [2.45, 2.75) is 6.42 Å². The highest BCUT2D eigenvalue weighted by molar-refractivity contribution is 6.42. The van der Waals surface area contributed by atoms with Crippen molar-refractivity contribution in [3.05, 3.63) is 90.4 Å². The molecule has 0 saturated carbocycles. The highest BCUT2D eigenvalue weighted by Gasteiger charge is 2.26. The quantitative estimate of drug-likeness (QED) is 0.165. The van der Waals surface area contributed by atoms with E-state index in [1.807, 2.05) is 0 Å². The molecule has 180 valence electrons. The molecule has 35 heavy (non-hydrogen) atoms. The fourth-order valence-electron chi connectivity index (χ4n) is 3.51. The van der Waals surface area contributed by atoms with Gasteiger partial charge in [-0.05, 0) is 35.4 Å². The molecule has 0 aliphatic heterocycles. The number of aromatic amines is 2. The molecule has 0 fully saturated rings. The summed E-state index contributed by atoms with van der Waals surface area (Å²) < 4.78 is 0. The lowest BCUT2D eigenvalue weighted by Gasteiger charge is -2.14. The van der Waals surface area contributed by atoms with Crippen molar-refractivity contribution in [2.24, 2.45) is 0 Å². The second-order valence-electron chi connectivity index (χ2n) is 7.46. The second kappa shape index (κ2) is 9.39. The summed E-state index contributed by atoms with van der Waals surface area (Å²) in [5.41, 5.74) is -0.678. The van der Waals surface area contributed by atoms with Crippen molar-refractivity contribution in [1.29, 1.82) is 0 Å². The van der Waals surface area contributed by atoms with Gasteiger partial charge in [-0.3, -0.25) is 9.59 Å². The van der Waals surface area contributed by atoms with Crippen LogP contribution in [0.1, 0.15) is 43.2 Å². The van der Waals surface area contributed by atoms with Gasteiger partial charge in [0.25, 0.3) is 0 Å². The number of aromatic hydroxyl groups is 4. The van der Waals surface area contributed by atoms with Gasteiger partial charge in [-0.1, -0.05) is 58.5 Å². The van der Waals surface area contributed by atoms with Crippen LogP contribution in [-0.4, -0.2) is 42.0 Å². The number of hydrogen-bond donors (Lipinski definition) is 6. The minimum atomic E-state index is -0.776. The topological polar surface area (TPSA) is 147 Å². The van der Waals surface area contributed by atoms with E-state index < -0.39 is 45.7 Å². The minimum absolute atomic E-state index is 0.0148. The summed E-state index contributed by atoms with van der Waals surface area (Å²) in [5, 5.41) is 42.2. The smallest absolute Gasteiger partial charge is 0.216 e. The van der Waals surface area contributed by atoms with Crippen LogP contribution in [0.2, 0.25) is 20.4 Å². The maximum absolute atomic E-state index is 12.9. The van der Waals surface area contributed by atoms with Crippen LogP contribution in [0, 0.1) is 0 Å². The van der Waals surface area contributed by atoms with Gasteiger partial charge in [0.1, 0.15) is 44.4 Å². The predicted octanol–water partition coefficient (Wildman–Crippen LogP) is 5.83. The average molecular weight is 556 g/mol. The summed E-state index contributed by atoms with van der Waals surface area (Å²) >= 11 is 23.4. The summed E-state index contributed by atoms with van der Waals surface area (Å²) in [4.78, 5) is 30.9. The van der Waals surface area contributed by atoms with E-state index in [2.05, 4.69) is 9.97 Å². The molecule has 0 amide bonds. The molecule has 0 aliphatic carbocycles. The first kappa shape index (κ1) is 24.8. The van der Waals surface area contributed by atoms with E-state index in [0.29, 0.717) is 0 Å². The van der Waals surface area contributed by atoms with Crippen LogP contribution in [0.5, 0.6) is 23.0 Å². The molecule has 0 spiro atoms. The molecular weight excluding hydrogens is 542 g/mol. The Hall–Kier alpha value is -3.30. The molecule has 0 unspecified atom stereocenters. The molecule has 0 saturated heterocycles. The number of aromatic nitrogens is 2. The molecule has 4 rings (SSSR count). The normalized spacial score (nSPS) is 11.1. The van der Waals surface area contributed by atoms with Gasteiger partial charge in [-0.15, -0.1) is 0 Å². The lowest BCUT2D eigenvalue weighted by molar-refractivity contribution is 0.102. The Morgan fingerprint density at radius 1 is 0.657 bits per heavy atom. The lowest BCUT2D eigenvalue weighted by Crippen LogP contribution is -2.06. The van der Waals surface area contributed by atoms with E-state index in [1.165, 1.54) is 36.4 Å². The van der Waals surface area contributed by atoms with Gasteiger partial charge in [-0.25, -0.2) is 0 Å². The Labute approximate surface area is 217 Å². The number of phenolic OH excluding ortho intramolecular Hbond substituents is 4. The number of carbonyl (C=O) groups is 2. The average Bonchev–Trinajstić information content (AvgIpc) is 3.32. The third kappa shape index (κ3) is 4.53. The van der Waals surface area contributed by atoms with Crippen molar-refractivity contribution < 1.29 is 30.0 Å². The molecule has 8 nitrogen and oxygen atoms in total. The van der Waals surface area contributed by atoms with E-state index in [9.17, 15) is 30.0 Å². The van der Waals surface area contributed by atoms with E-state index in [0.717, 1.165) is 0 Å². The van der Waals surface area contributed by atoms with Gasteiger partial charge < -0.3 is 30.4 Å². The zero-order valence-corrected chi connectivity index (χ0v) is 20.3. The van der Waals surface area contributed by atoms with Crippen LogP contribution >= 0.6 is 46.4 Å². The summed E-state index contributed by atoms with van der Waals surface area (Å²) in [6.07, 6.45) is -0.169. The van der Waals surface area contributed by atoms with Crippen LogP contribution in [0.4, 0.5) is 0 Å². The van der Waals surface area contributed by atoms with Crippen molar-refractivity contribution in [2.75, 3.05) is 0 Å². The maximum Gasteiger partial charge on any atom is 0.216 e. The van der Waals surface area contributed by atoms with Crippen molar-refractivity contribution in [3.63, 3.8) is 0 Å². The Morgan fingerprint density at radius 3 is 1.34 bits per heavy atom. The third-order valence-electron chi connectivity index (χ3n) is 5.25. The Balaban J connectivity index is 1.73. The highest BCUT2D eigenvalue weighted by Crippen LogP contribution is 2.39. The van der Waals surface area contributed by atoms with Crippen molar-refractivity contribution >= 4 is 58.0 Å². The molecule has 0 aliphatic rings. The molecule has 0 radical (unpaired) electrons. The molecule has 2 aromatic heterocycles. The van der Waals surface area contributed by atoms with E-state index in [4.69, 9.17) is 46.4 Å². The van der Waals surface area contributed by atoms with Gasteiger partial charge in [0, 0.05) is 6.42 Å². The van der Waals surface area contributed by atoms with Crippen LogP contribution in [0.15, 0.2) is 36.4 Å². The van der Waals surface area contributed by atoms with Gasteiger partial charge >= 0.3 is 0 Å². The summed E-state index contributed by atoms with van der Waals surface area (Å²) in [6.45, 7) is 0. The zero-order chi connectivity index (χ0) is 25.6. The molecule has 0 atom stereocenters. The number of carbonyl (C=O) groups excluding carboxylic acids is 2. The fourth-order valence-corrected chi connectivity index (χ4v) is 4.13. The fraction of sp³-hybridized carbons (Fsp3) is 0.0435. The number of phenols is 4. The molecule has 2 heterocycles. The van der Waals surface area contributed by atoms with E-state index in [1.54, 1.807) is 0 Å². The third-order valence-corrected chi connectivity index (χ3v) is 6.64. The molecule has 6 N–H and O–H groups in total. The molecule has 4 aromatic rings. The second-order valence-corrected chi connectivity index (χ2v) is 9.03. The standard InChI is InChI=1S/C23H14Cl4N2O6/c24-10-6-12(28-22(10)26)20(34)16-14(30)3-1-8(18(16)32)5-9-2-4-15(31)17(19(9)33)21(35)13-7-11(25)23(27)29-13/h1-4,6-7,28-33H,5H2. The Morgan fingerprint density at radius 2 is 1.03 bits per heavy atom. The van der Waals surface area contributed by atoms with Crippen LogP contribution in [0.3, 0.4) is 0 Å². The largest absolute Gasteiger partial charge is 0.507 e. The number of halogens is 4.